The fourth-order valence-corrected chi connectivity index (χ4v) is 1.88. The zero-order chi connectivity index (χ0) is 10.8. The second-order valence-corrected chi connectivity index (χ2v) is 3.94. The third-order valence-electron chi connectivity index (χ3n) is 2.41. The summed E-state index contributed by atoms with van der Waals surface area (Å²) in [6.07, 6.45) is 0.393. The molecule has 15 heavy (non-hydrogen) atoms. The summed E-state index contributed by atoms with van der Waals surface area (Å²) in [4.78, 5) is 13.0. The molecule has 1 aromatic heterocycles. The highest BCUT2D eigenvalue weighted by Crippen LogP contribution is 2.16. The number of nitrogens with zero attached hydrogens (tertiary/aromatic N) is 2. The summed E-state index contributed by atoms with van der Waals surface area (Å²) in [7, 11) is 0. The molecule has 2 heterocycles. The SMILES string of the molecule is C[C@H]1CN(c2ccc(=O)[nH]n2)C[C@H](C)O1. The van der Waals surface area contributed by atoms with Crippen LogP contribution in [0.15, 0.2) is 16.9 Å². The summed E-state index contributed by atoms with van der Waals surface area (Å²) in [6.45, 7) is 5.69. The summed E-state index contributed by atoms with van der Waals surface area (Å²) in [5.74, 6) is 0.802. The van der Waals surface area contributed by atoms with Crippen molar-refractivity contribution in [3.05, 3.63) is 22.5 Å². The van der Waals surface area contributed by atoms with Gasteiger partial charge in [-0.15, -0.1) is 0 Å². The van der Waals surface area contributed by atoms with Gasteiger partial charge < -0.3 is 9.64 Å². The molecule has 1 aromatic rings. The van der Waals surface area contributed by atoms with Gasteiger partial charge in [-0.05, 0) is 19.9 Å². The van der Waals surface area contributed by atoms with Crippen LogP contribution in [0.1, 0.15) is 13.8 Å². The zero-order valence-corrected chi connectivity index (χ0v) is 8.93. The summed E-state index contributed by atoms with van der Waals surface area (Å²) in [5.41, 5.74) is -0.173. The molecule has 0 spiro atoms. The molecule has 0 radical (unpaired) electrons. The average Bonchev–Trinajstić information content (AvgIpc) is 2.17. The number of anilines is 1. The molecular formula is C10H15N3O2. The molecule has 5 heteroatoms. The van der Waals surface area contributed by atoms with E-state index < -0.39 is 0 Å². The van der Waals surface area contributed by atoms with Crippen molar-refractivity contribution in [3.8, 4) is 0 Å². The highest BCUT2D eigenvalue weighted by Gasteiger charge is 2.22. The standard InChI is InChI=1S/C10H15N3O2/c1-7-5-13(6-8(2)15-7)9-3-4-10(14)12-11-9/h3-4,7-8H,5-6H2,1-2H3,(H,12,14)/t7-,8-/m0/s1. The molecule has 1 N–H and O–H groups in total. The number of ether oxygens (including phenoxy) is 1. The van der Waals surface area contributed by atoms with E-state index in [9.17, 15) is 4.79 Å². The number of H-pyrrole nitrogens is 1. The second kappa shape index (κ2) is 4.02. The van der Waals surface area contributed by atoms with Crippen molar-refractivity contribution in [2.24, 2.45) is 0 Å². The molecule has 0 saturated carbocycles. The Kier molecular flexibility index (Phi) is 2.73. The monoisotopic (exact) mass is 209 g/mol. The lowest BCUT2D eigenvalue weighted by Gasteiger charge is -2.35. The molecule has 0 bridgehead atoms. The van der Waals surface area contributed by atoms with E-state index in [0.717, 1.165) is 18.9 Å². The van der Waals surface area contributed by atoms with E-state index in [1.807, 2.05) is 13.8 Å². The maximum Gasteiger partial charge on any atom is 0.264 e. The van der Waals surface area contributed by atoms with Crippen LogP contribution in [0, 0.1) is 0 Å². The Morgan fingerprint density at radius 2 is 2.07 bits per heavy atom. The minimum Gasteiger partial charge on any atom is -0.372 e. The van der Waals surface area contributed by atoms with Crippen LogP contribution in [0.2, 0.25) is 0 Å². The van der Waals surface area contributed by atoms with Crippen LogP contribution in [0.25, 0.3) is 0 Å². The minimum absolute atomic E-state index is 0.173. The second-order valence-electron chi connectivity index (χ2n) is 3.94. The smallest absolute Gasteiger partial charge is 0.264 e. The van der Waals surface area contributed by atoms with Crippen molar-refractivity contribution in [2.45, 2.75) is 26.1 Å². The van der Waals surface area contributed by atoms with Gasteiger partial charge in [0.2, 0.25) is 0 Å². The molecule has 0 aromatic carbocycles. The normalized spacial score (nSPS) is 26.7. The first-order valence-corrected chi connectivity index (χ1v) is 5.11. The summed E-state index contributed by atoms with van der Waals surface area (Å²) in [5, 5.41) is 6.44. The lowest BCUT2D eigenvalue weighted by Crippen LogP contribution is -2.46. The van der Waals surface area contributed by atoms with Gasteiger partial charge in [0, 0.05) is 19.2 Å². The van der Waals surface area contributed by atoms with Crippen molar-refractivity contribution in [2.75, 3.05) is 18.0 Å². The largest absolute Gasteiger partial charge is 0.372 e. The summed E-state index contributed by atoms with van der Waals surface area (Å²) in [6, 6.07) is 3.23. The molecular weight excluding hydrogens is 194 g/mol. The molecule has 1 aliphatic rings. The third kappa shape index (κ3) is 2.36. The van der Waals surface area contributed by atoms with E-state index >= 15 is 0 Å². The fraction of sp³-hybridized carbons (Fsp3) is 0.600. The Bertz CT molecular complexity index is 360. The number of rotatable bonds is 1. The number of hydrogen-bond acceptors (Lipinski definition) is 4. The van der Waals surface area contributed by atoms with Gasteiger partial charge in [0.15, 0.2) is 0 Å². The van der Waals surface area contributed by atoms with Gasteiger partial charge in [-0.25, -0.2) is 5.10 Å². The Morgan fingerprint density at radius 1 is 1.40 bits per heavy atom. The van der Waals surface area contributed by atoms with Crippen molar-refractivity contribution in [3.63, 3.8) is 0 Å². The van der Waals surface area contributed by atoms with Crippen LogP contribution in [0.5, 0.6) is 0 Å². The number of morpholine rings is 1. The Hall–Kier alpha value is -1.36. The van der Waals surface area contributed by atoms with E-state index in [-0.39, 0.29) is 17.8 Å². The number of nitrogens with one attached hydrogen (secondary N) is 1. The highest BCUT2D eigenvalue weighted by molar-refractivity contribution is 5.37. The average molecular weight is 209 g/mol. The molecule has 0 unspecified atom stereocenters. The minimum atomic E-state index is -0.173. The van der Waals surface area contributed by atoms with Gasteiger partial charge >= 0.3 is 0 Å². The molecule has 2 rings (SSSR count). The van der Waals surface area contributed by atoms with Crippen LogP contribution >= 0.6 is 0 Å². The predicted molar refractivity (Wildman–Crippen MR) is 57.1 cm³/mol. The van der Waals surface area contributed by atoms with Crippen molar-refractivity contribution in [1.29, 1.82) is 0 Å². The number of aromatic nitrogens is 2. The van der Waals surface area contributed by atoms with Crippen LogP contribution in [-0.4, -0.2) is 35.5 Å². The number of hydrogen-bond donors (Lipinski definition) is 1. The Labute approximate surface area is 88.1 Å². The van der Waals surface area contributed by atoms with Gasteiger partial charge in [0.25, 0.3) is 5.56 Å². The Morgan fingerprint density at radius 3 is 2.60 bits per heavy atom. The van der Waals surface area contributed by atoms with Crippen LogP contribution < -0.4 is 10.5 Å². The predicted octanol–water partition coefficient (Wildman–Crippen LogP) is 0.383. The quantitative estimate of drug-likeness (QED) is 0.726. The van der Waals surface area contributed by atoms with Gasteiger partial charge in [-0.3, -0.25) is 4.79 Å². The zero-order valence-electron chi connectivity index (χ0n) is 8.93. The molecule has 0 aliphatic carbocycles. The van der Waals surface area contributed by atoms with Crippen molar-refractivity contribution >= 4 is 5.82 Å². The van der Waals surface area contributed by atoms with E-state index in [1.165, 1.54) is 6.07 Å². The van der Waals surface area contributed by atoms with Gasteiger partial charge in [0.05, 0.1) is 12.2 Å². The number of aromatic amines is 1. The van der Waals surface area contributed by atoms with Gasteiger partial charge in [-0.2, -0.15) is 5.10 Å². The maximum absolute atomic E-state index is 10.9. The molecule has 5 nitrogen and oxygen atoms in total. The fourth-order valence-electron chi connectivity index (χ4n) is 1.88. The van der Waals surface area contributed by atoms with E-state index in [2.05, 4.69) is 15.1 Å². The van der Waals surface area contributed by atoms with Crippen LogP contribution in [0.4, 0.5) is 5.82 Å². The van der Waals surface area contributed by atoms with Gasteiger partial charge in [0.1, 0.15) is 5.82 Å². The first-order valence-electron chi connectivity index (χ1n) is 5.11. The topological polar surface area (TPSA) is 58.2 Å². The Balaban J connectivity index is 2.16. The highest BCUT2D eigenvalue weighted by atomic mass is 16.5. The molecule has 1 fully saturated rings. The van der Waals surface area contributed by atoms with E-state index in [1.54, 1.807) is 6.07 Å². The first-order chi connectivity index (χ1) is 7.15. The van der Waals surface area contributed by atoms with Crippen LogP contribution in [0.3, 0.4) is 0 Å². The lowest BCUT2D eigenvalue weighted by molar-refractivity contribution is -0.00550. The van der Waals surface area contributed by atoms with Crippen LogP contribution in [-0.2, 0) is 4.74 Å². The van der Waals surface area contributed by atoms with Gasteiger partial charge in [-0.1, -0.05) is 0 Å². The van der Waals surface area contributed by atoms with E-state index in [0.29, 0.717) is 0 Å². The summed E-state index contributed by atoms with van der Waals surface area (Å²) < 4.78 is 5.62. The summed E-state index contributed by atoms with van der Waals surface area (Å²) >= 11 is 0. The maximum atomic E-state index is 10.9. The first kappa shape index (κ1) is 10.2. The molecule has 2 atom stereocenters. The van der Waals surface area contributed by atoms with E-state index in [4.69, 9.17) is 4.74 Å². The molecule has 82 valence electrons. The lowest BCUT2D eigenvalue weighted by atomic mass is 10.2. The van der Waals surface area contributed by atoms with Crippen molar-refractivity contribution < 1.29 is 4.74 Å². The molecule has 1 aliphatic heterocycles. The molecule has 1 saturated heterocycles. The molecule has 0 amide bonds. The third-order valence-corrected chi connectivity index (χ3v) is 2.41. The van der Waals surface area contributed by atoms with Crippen molar-refractivity contribution in [1.82, 2.24) is 10.2 Å².